The highest BCUT2D eigenvalue weighted by atomic mass is 32.2. The smallest absolute Gasteiger partial charge is 0.0199 e. The maximum Gasteiger partial charge on any atom is 0.0199 e. The molecule has 0 aromatic rings. The molecule has 1 fully saturated rings. The van der Waals surface area contributed by atoms with Gasteiger partial charge in [0.1, 0.15) is 0 Å². The Morgan fingerprint density at radius 2 is 2.36 bits per heavy atom. The molecular formula is C9H19NS. The third-order valence-corrected chi connectivity index (χ3v) is 3.85. The van der Waals surface area contributed by atoms with Crippen LogP contribution in [0.4, 0.5) is 0 Å². The van der Waals surface area contributed by atoms with Crippen LogP contribution in [0, 0.1) is 0 Å². The van der Waals surface area contributed by atoms with Crippen LogP contribution in [-0.2, 0) is 0 Å². The Kier molecular flexibility index (Phi) is 4.31. The van der Waals surface area contributed by atoms with Gasteiger partial charge in [0.15, 0.2) is 0 Å². The Hall–Kier alpha value is 0.310. The van der Waals surface area contributed by atoms with Crippen LogP contribution in [0.15, 0.2) is 0 Å². The molecule has 0 amide bonds. The fourth-order valence-corrected chi connectivity index (χ4v) is 3.01. The fraction of sp³-hybridized carbons (Fsp3) is 1.00. The first-order valence-corrected chi connectivity index (χ1v) is 5.76. The van der Waals surface area contributed by atoms with Gasteiger partial charge in [0, 0.05) is 11.3 Å². The van der Waals surface area contributed by atoms with Gasteiger partial charge in [0.05, 0.1) is 0 Å². The summed E-state index contributed by atoms with van der Waals surface area (Å²) >= 11 is 2.09. The number of hydrogen-bond donors (Lipinski definition) is 1. The number of nitrogens with two attached hydrogens (primary N) is 1. The zero-order valence-electron chi connectivity index (χ0n) is 7.38. The molecule has 1 aliphatic heterocycles. The molecule has 0 bridgehead atoms. The molecule has 0 radical (unpaired) electrons. The van der Waals surface area contributed by atoms with Crippen molar-refractivity contribution in [3.63, 3.8) is 0 Å². The molecule has 0 aromatic carbocycles. The van der Waals surface area contributed by atoms with E-state index in [9.17, 15) is 0 Å². The van der Waals surface area contributed by atoms with Crippen LogP contribution < -0.4 is 5.73 Å². The van der Waals surface area contributed by atoms with Crippen LogP contribution in [0.1, 0.15) is 39.0 Å². The van der Waals surface area contributed by atoms with Crippen molar-refractivity contribution in [3.8, 4) is 0 Å². The highest BCUT2D eigenvalue weighted by molar-refractivity contribution is 8.00. The van der Waals surface area contributed by atoms with E-state index in [1.54, 1.807) is 0 Å². The summed E-state index contributed by atoms with van der Waals surface area (Å²) in [5.74, 6) is 1.34. The minimum atomic E-state index is 0.463. The van der Waals surface area contributed by atoms with Gasteiger partial charge < -0.3 is 5.73 Å². The maximum absolute atomic E-state index is 6.04. The first kappa shape index (κ1) is 9.40. The Morgan fingerprint density at radius 1 is 1.55 bits per heavy atom. The van der Waals surface area contributed by atoms with E-state index in [1.165, 1.54) is 37.9 Å². The lowest BCUT2D eigenvalue weighted by atomic mass is 10.0. The predicted molar refractivity (Wildman–Crippen MR) is 53.0 cm³/mol. The first-order valence-electron chi connectivity index (χ1n) is 4.71. The highest BCUT2D eigenvalue weighted by Crippen LogP contribution is 2.28. The standard InChI is InChI=1S/C9H19NS/c1-2-5-8(10)9-6-3-4-7-11-9/h8-9H,2-7,10H2,1H3/t8-,9?/m0/s1. The van der Waals surface area contributed by atoms with Crippen molar-refractivity contribution < 1.29 is 0 Å². The molecule has 11 heavy (non-hydrogen) atoms. The van der Waals surface area contributed by atoms with Crippen molar-refractivity contribution in [1.82, 2.24) is 0 Å². The molecule has 1 heterocycles. The zero-order valence-corrected chi connectivity index (χ0v) is 8.20. The molecule has 0 aliphatic carbocycles. The van der Waals surface area contributed by atoms with Crippen LogP contribution >= 0.6 is 11.8 Å². The summed E-state index contributed by atoms with van der Waals surface area (Å²) < 4.78 is 0. The van der Waals surface area contributed by atoms with Crippen LogP contribution in [0.5, 0.6) is 0 Å². The second kappa shape index (κ2) is 5.04. The molecule has 2 N–H and O–H groups in total. The van der Waals surface area contributed by atoms with E-state index in [0.29, 0.717) is 6.04 Å². The Morgan fingerprint density at radius 3 is 2.91 bits per heavy atom. The largest absolute Gasteiger partial charge is 0.327 e. The van der Waals surface area contributed by atoms with Gasteiger partial charge in [-0.05, 0) is 25.0 Å². The van der Waals surface area contributed by atoms with Crippen molar-refractivity contribution in [2.75, 3.05) is 5.75 Å². The van der Waals surface area contributed by atoms with Gasteiger partial charge >= 0.3 is 0 Å². The average molecular weight is 173 g/mol. The van der Waals surface area contributed by atoms with Gasteiger partial charge in [-0.25, -0.2) is 0 Å². The van der Waals surface area contributed by atoms with E-state index in [0.717, 1.165) is 5.25 Å². The lowest BCUT2D eigenvalue weighted by Crippen LogP contribution is -2.33. The van der Waals surface area contributed by atoms with E-state index in [1.807, 2.05) is 0 Å². The number of rotatable bonds is 3. The van der Waals surface area contributed by atoms with Crippen molar-refractivity contribution in [1.29, 1.82) is 0 Å². The van der Waals surface area contributed by atoms with Crippen molar-refractivity contribution in [3.05, 3.63) is 0 Å². The van der Waals surface area contributed by atoms with Crippen LogP contribution in [0.3, 0.4) is 0 Å². The van der Waals surface area contributed by atoms with Gasteiger partial charge in [-0.15, -0.1) is 0 Å². The lowest BCUT2D eigenvalue weighted by molar-refractivity contribution is 0.527. The molecule has 0 spiro atoms. The lowest BCUT2D eigenvalue weighted by Gasteiger charge is -2.26. The summed E-state index contributed by atoms with van der Waals surface area (Å²) in [4.78, 5) is 0. The summed E-state index contributed by atoms with van der Waals surface area (Å²) in [5, 5.41) is 0.767. The molecule has 2 atom stereocenters. The molecule has 1 aliphatic rings. The maximum atomic E-state index is 6.04. The van der Waals surface area contributed by atoms with Gasteiger partial charge in [0.2, 0.25) is 0 Å². The summed E-state index contributed by atoms with van der Waals surface area (Å²) in [5.41, 5.74) is 6.04. The molecule has 1 unspecified atom stereocenters. The zero-order chi connectivity index (χ0) is 8.10. The average Bonchev–Trinajstić information content (AvgIpc) is 2.07. The summed E-state index contributed by atoms with van der Waals surface area (Å²) in [7, 11) is 0. The first-order chi connectivity index (χ1) is 5.34. The van der Waals surface area contributed by atoms with Crippen LogP contribution in [0.2, 0.25) is 0 Å². The van der Waals surface area contributed by atoms with Crippen LogP contribution in [0.25, 0.3) is 0 Å². The van der Waals surface area contributed by atoms with Crippen LogP contribution in [-0.4, -0.2) is 17.0 Å². The van der Waals surface area contributed by atoms with E-state index in [-0.39, 0.29) is 0 Å². The predicted octanol–water partition coefficient (Wildman–Crippen LogP) is 2.40. The molecule has 0 saturated carbocycles. The van der Waals surface area contributed by atoms with E-state index < -0.39 is 0 Å². The van der Waals surface area contributed by atoms with Gasteiger partial charge in [0.25, 0.3) is 0 Å². The molecule has 66 valence electrons. The number of hydrogen-bond acceptors (Lipinski definition) is 2. The quantitative estimate of drug-likeness (QED) is 0.709. The summed E-state index contributed by atoms with van der Waals surface area (Å²) in [6.07, 6.45) is 6.59. The topological polar surface area (TPSA) is 26.0 Å². The molecule has 1 rings (SSSR count). The molecule has 0 aromatic heterocycles. The van der Waals surface area contributed by atoms with Gasteiger partial charge in [-0.1, -0.05) is 19.8 Å². The second-order valence-electron chi connectivity index (χ2n) is 3.36. The third-order valence-electron chi connectivity index (χ3n) is 2.31. The molecule has 2 heteroatoms. The Balaban J connectivity index is 2.21. The van der Waals surface area contributed by atoms with E-state index in [2.05, 4.69) is 18.7 Å². The third kappa shape index (κ3) is 3.04. The van der Waals surface area contributed by atoms with Crippen molar-refractivity contribution >= 4 is 11.8 Å². The fourth-order valence-electron chi connectivity index (χ4n) is 1.62. The molecule has 1 nitrogen and oxygen atoms in total. The monoisotopic (exact) mass is 173 g/mol. The minimum Gasteiger partial charge on any atom is -0.327 e. The molecular weight excluding hydrogens is 154 g/mol. The van der Waals surface area contributed by atoms with Gasteiger partial charge in [-0.3, -0.25) is 0 Å². The number of thioether (sulfide) groups is 1. The highest BCUT2D eigenvalue weighted by Gasteiger charge is 2.19. The Bertz CT molecular complexity index is 99.7. The van der Waals surface area contributed by atoms with Crippen molar-refractivity contribution in [2.24, 2.45) is 5.73 Å². The van der Waals surface area contributed by atoms with Crippen molar-refractivity contribution in [2.45, 2.75) is 50.3 Å². The SMILES string of the molecule is CCC[C@H](N)C1CCCCS1. The normalized spacial score (nSPS) is 28.4. The summed E-state index contributed by atoms with van der Waals surface area (Å²) in [6, 6.07) is 0.463. The Labute approximate surface area is 74.1 Å². The van der Waals surface area contributed by atoms with E-state index in [4.69, 9.17) is 5.73 Å². The molecule has 1 saturated heterocycles. The minimum absolute atomic E-state index is 0.463. The van der Waals surface area contributed by atoms with E-state index >= 15 is 0 Å². The van der Waals surface area contributed by atoms with Gasteiger partial charge in [-0.2, -0.15) is 11.8 Å². The second-order valence-corrected chi connectivity index (χ2v) is 4.70. The summed E-state index contributed by atoms with van der Waals surface area (Å²) in [6.45, 7) is 2.22.